The highest BCUT2D eigenvalue weighted by Crippen LogP contribution is 2.13. The van der Waals surface area contributed by atoms with Gasteiger partial charge in [-0.3, -0.25) is 0 Å². The Hall–Kier alpha value is -1.75. The second-order valence-electron chi connectivity index (χ2n) is 2.92. The Morgan fingerprint density at radius 3 is 2.73 bits per heavy atom. The van der Waals surface area contributed by atoms with Crippen molar-refractivity contribution >= 4 is 5.52 Å². The van der Waals surface area contributed by atoms with Crippen molar-refractivity contribution in [2.75, 3.05) is 0 Å². The van der Waals surface area contributed by atoms with E-state index in [2.05, 4.69) is 16.9 Å². The zero-order valence-electron chi connectivity index (χ0n) is 9.70. The molecule has 0 radical (unpaired) electrons. The van der Waals surface area contributed by atoms with Crippen molar-refractivity contribution in [3.63, 3.8) is 0 Å². The fraction of sp³-hybridized carbons (Fsp3) is 0.308. The lowest BCUT2D eigenvalue weighted by molar-refractivity contribution is 0.959. The second kappa shape index (κ2) is 5.21. The quantitative estimate of drug-likeness (QED) is 0.597. The number of fused-ring (bicyclic) bond motifs is 1. The van der Waals surface area contributed by atoms with Crippen LogP contribution < -0.4 is 0 Å². The van der Waals surface area contributed by atoms with Crippen LogP contribution in [0.3, 0.4) is 0 Å². The molecule has 0 atom stereocenters. The van der Waals surface area contributed by atoms with Gasteiger partial charge in [0.25, 0.3) is 0 Å². The van der Waals surface area contributed by atoms with E-state index in [1.54, 1.807) is 0 Å². The van der Waals surface area contributed by atoms with E-state index >= 15 is 0 Å². The van der Waals surface area contributed by atoms with Crippen molar-refractivity contribution in [2.45, 2.75) is 27.7 Å². The summed E-state index contributed by atoms with van der Waals surface area (Å²) in [5.74, 6) is 5.97. The summed E-state index contributed by atoms with van der Waals surface area (Å²) in [6, 6.07) is 3.97. The molecule has 0 aliphatic heterocycles. The van der Waals surface area contributed by atoms with Crippen LogP contribution in [0, 0.1) is 18.8 Å². The number of nitrogens with zero attached hydrogens (tertiary/aromatic N) is 2. The molecule has 2 rings (SSSR count). The monoisotopic (exact) mass is 200 g/mol. The van der Waals surface area contributed by atoms with Crippen molar-refractivity contribution in [3.8, 4) is 11.8 Å². The molecule has 78 valence electrons. The molecule has 2 nitrogen and oxygen atoms in total. The first-order valence-electron chi connectivity index (χ1n) is 5.18. The summed E-state index contributed by atoms with van der Waals surface area (Å²) >= 11 is 0. The van der Waals surface area contributed by atoms with Crippen molar-refractivity contribution in [2.24, 2.45) is 0 Å². The largest absolute Gasteiger partial charge is 0.239 e. The molecule has 2 aromatic heterocycles. The zero-order valence-corrected chi connectivity index (χ0v) is 9.70. The van der Waals surface area contributed by atoms with Gasteiger partial charge in [-0.1, -0.05) is 19.8 Å². The van der Waals surface area contributed by atoms with E-state index in [1.165, 1.54) is 5.56 Å². The maximum atomic E-state index is 4.21. The molecule has 0 spiro atoms. The lowest BCUT2D eigenvalue weighted by Gasteiger charge is -1.96. The molecule has 0 aliphatic rings. The normalized spacial score (nSPS) is 8.80. The third-order valence-corrected chi connectivity index (χ3v) is 1.98. The summed E-state index contributed by atoms with van der Waals surface area (Å²) in [6.07, 6.45) is 3.79. The van der Waals surface area contributed by atoms with E-state index in [4.69, 9.17) is 0 Å². The molecular weight excluding hydrogens is 184 g/mol. The minimum atomic E-state index is 1.04. The number of rotatable bonds is 0. The molecule has 0 aliphatic carbocycles. The van der Waals surface area contributed by atoms with Gasteiger partial charge in [0.1, 0.15) is 0 Å². The number of hydrogen-bond acceptors (Lipinski definition) is 1. The Labute approximate surface area is 90.9 Å². The van der Waals surface area contributed by atoms with Crippen molar-refractivity contribution in [1.82, 2.24) is 9.61 Å². The SMILES string of the molecule is CC.CC#Cc1cccn2ncc(C)c12. The highest BCUT2D eigenvalue weighted by atomic mass is 15.2. The Bertz CT molecular complexity index is 498. The van der Waals surface area contributed by atoms with Crippen LogP contribution in [0.15, 0.2) is 24.5 Å². The van der Waals surface area contributed by atoms with Gasteiger partial charge in [-0.05, 0) is 31.5 Å². The second-order valence-corrected chi connectivity index (χ2v) is 2.92. The Morgan fingerprint density at radius 1 is 1.33 bits per heavy atom. The summed E-state index contributed by atoms with van der Waals surface area (Å²) in [5, 5.41) is 4.21. The fourth-order valence-electron chi connectivity index (χ4n) is 1.43. The highest BCUT2D eigenvalue weighted by molar-refractivity contribution is 5.65. The number of hydrogen-bond donors (Lipinski definition) is 0. The molecule has 2 aromatic rings. The molecule has 0 saturated carbocycles. The van der Waals surface area contributed by atoms with Gasteiger partial charge in [0.15, 0.2) is 0 Å². The van der Waals surface area contributed by atoms with Crippen LogP contribution in [0.1, 0.15) is 31.9 Å². The number of aryl methyl sites for hydroxylation is 1. The van der Waals surface area contributed by atoms with Crippen LogP contribution in [0.5, 0.6) is 0 Å². The summed E-state index contributed by atoms with van der Waals surface area (Å²) in [4.78, 5) is 0. The third-order valence-electron chi connectivity index (χ3n) is 1.98. The van der Waals surface area contributed by atoms with Gasteiger partial charge in [0.2, 0.25) is 0 Å². The van der Waals surface area contributed by atoms with Crippen LogP contribution in [0.25, 0.3) is 5.52 Å². The van der Waals surface area contributed by atoms with E-state index in [-0.39, 0.29) is 0 Å². The number of pyridine rings is 1. The Balaban J connectivity index is 0.000000531. The van der Waals surface area contributed by atoms with E-state index in [1.807, 2.05) is 56.7 Å². The minimum absolute atomic E-state index is 1.04. The highest BCUT2D eigenvalue weighted by Gasteiger charge is 2.02. The summed E-state index contributed by atoms with van der Waals surface area (Å²) in [5.41, 5.74) is 3.32. The molecule has 2 heterocycles. The van der Waals surface area contributed by atoms with Crippen molar-refractivity contribution < 1.29 is 0 Å². The van der Waals surface area contributed by atoms with Gasteiger partial charge >= 0.3 is 0 Å². The van der Waals surface area contributed by atoms with Crippen LogP contribution in [-0.4, -0.2) is 9.61 Å². The summed E-state index contributed by atoms with van der Waals surface area (Å²) < 4.78 is 1.86. The molecule has 0 amide bonds. The van der Waals surface area contributed by atoms with Crippen LogP contribution >= 0.6 is 0 Å². The topological polar surface area (TPSA) is 17.3 Å². The lowest BCUT2D eigenvalue weighted by Crippen LogP contribution is -1.88. The van der Waals surface area contributed by atoms with E-state index < -0.39 is 0 Å². The van der Waals surface area contributed by atoms with E-state index in [9.17, 15) is 0 Å². The first kappa shape index (κ1) is 11.3. The molecule has 15 heavy (non-hydrogen) atoms. The van der Waals surface area contributed by atoms with Gasteiger partial charge in [-0.2, -0.15) is 5.10 Å². The minimum Gasteiger partial charge on any atom is -0.239 e. The standard InChI is InChI=1S/C11H10N2.C2H6/c1-3-5-10-6-4-7-13-11(10)9(2)8-12-13;1-2/h4,6-8H,1-2H3;1-2H3. The van der Waals surface area contributed by atoms with Gasteiger partial charge in [-0.15, -0.1) is 5.92 Å². The molecule has 0 saturated heterocycles. The molecule has 0 N–H and O–H groups in total. The molecule has 0 aromatic carbocycles. The van der Waals surface area contributed by atoms with E-state index in [0.717, 1.165) is 11.1 Å². The summed E-state index contributed by atoms with van der Waals surface area (Å²) in [7, 11) is 0. The van der Waals surface area contributed by atoms with E-state index in [0.29, 0.717) is 0 Å². The Morgan fingerprint density at radius 2 is 2.07 bits per heavy atom. The maximum Gasteiger partial charge on any atom is 0.0847 e. The molecular formula is C13H16N2. The van der Waals surface area contributed by atoms with Gasteiger partial charge in [0.05, 0.1) is 17.3 Å². The Kier molecular flexibility index (Phi) is 3.93. The number of aromatic nitrogens is 2. The van der Waals surface area contributed by atoms with Crippen LogP contribution in [-0.2, 0) is 0 Å². The third kappa shape index (κ3) is 2.19. The van der Waals surface area contributed by atoms with Gasteiger partial charge in [-0.25, -0.2) is 4.52 Å². The molecule has 0 bridgehead atoms. The zero-order chi connectivity index (χ0) is 11.3. The van der Waals surface area contributed by atoms with Crippen LogP contribution in [0.4, 0.5) is 0 Å². The predicted octanol–water partition coefficient (Wildman–Crippen LogP) is 3.04. The smallest absolute Gasteiger partial charge is 0.0847 e. The fourth-order valence-corrected chi connectivity index (χ4v) is 1.43. The van der Waals surface area contributed by atoms with Crippen molar-refractivity contribution in [3.05, 3.63) is 35.7 Å². The average molecular weight is 200 g/mol. The van der Waals surface area contributed by atoms with Gasteiger partial charge < -0.3 is 0 Å². The van der Waals surface area contributed by atoms with Crippen LogP contribution in [0.2, 0.25) is 0 Å². The summed E-state index contributed by atoms with van der Waals surface area (Å²) in [6.45, 7) is 7.89. The van der Waals surface area contributed by atoms with Gasteiger partial charge in [0, 0.05) is 6.20 Å². The lowest BCUT2D eigenvalue weighted by atomic mass is 10.2. The average Bonchev–Trinajstić information content (AvgIpc) is 2.65. The molecule has 0 fully saturated rings. The molecule has 0 unspecified atom stereocenters. The first-order valence-corrected chi connectivity index (χ1v) is 5.18. The molecule has 2 heteroatoms. The predicted molar refractivity (Wildman–Crippen MR) is 63.8 cm³/mol. The maximum absolute atomic E-state index is 4.21. The van der Waals surface area contributed by atoms with Crippen molar-refractivity contribution in [1.29, 1.82) is 0 Å². The first-order chi connectivity index (χ1) is 7.33.